The number of amidine groups is 2. The zero-order valence-electron chi connectivity index (χ0n) is 18.6. The Morgan fingerprint density at radius 1 is 0.618 bits per heavy atom. The van der Waals surface area contributed by atoms with Crippen molar-refractivity contribution < 1.29 is 49.6 Å². The summed E-state index contributed by atoms with van der Waals surface area (Å²) in [4.78, 5) is 8.64. The highest BCUT2D eigenvalue weighted by Crippen LogP contribution is 2.27. The molecule has 0 saturated carbocycles. The highest BCUT2D eigenvalue weighted by atomic mass is 16.6. The van der Waals surface area contributed by atoms with Crippen molar-refractivity contribution in [1.82, 2.24) is 10.6 Å². The molecule has 0 aromatic rings. The molecule has 4 saturated heterocycles. The van der Waals surface area contributed by atoms with Gasteiger partial charge in [-0.15, -0.1) is 0 Å². The number of aliphatic imine (C=N–C) groups is 2. The van der Waals surface area contributed by atoms with Gasteiger partial charge in [-0.05, 0) is 12.8 Å². The largest absolute Gasteiger partial charge is 0.454 e. The summed E-state index contributed by atoms with van der Waals surface area (Å²) in [6.07, 6.45) is -6.07. The first-order valence-electron chi connectivity index (χ1n) is 11.6. The van der Waals surface area contributed by atoms with E-state index in [2.05, 4.69) is 20.6 Å². The third-order valence-electron chi connectivity index (χ3n) is 6.34. The molecule has 4 aliphatic heterocycles. The maximum absolute atomic E-state index is 10.1. The molecule has 4 rings (SSSR count). The number of rotatable bonds is 9. The third-order valence-corrected chi connectivity index (χ3v) is 6.34. The number of aliphatic hydroxyl groups is 6. The van der Waals surface area contributed by atoms with Crippen molar-refractivity contribution in [3.05, 3.63) is 0 Å². The summed E-state index contributed by atoms with van der Waals surface area (Å²) < 4.78 is 22.1. The fourth-order valence-electron chi connectivity index (χ4n) is 4.35. The second-order valence-corrected chi connectivity index (χ2v) is 8.76. The summed E-state index contributed by atoms with van der Waals surface area (Å²) >= 11 is 0. The molecule has 0 unspecified atom stereocenters. The van der Waals surface area contributed by atoms with Crippen molar-refractivity contribution in [3.63, 3.8) is 0 Å². The molecule has 0 aromatic heterocycles. The summed E-state index contributed by atoms with van der Waals surface area (Å²) in [7, 11) is 0. The van der Waals surface area contributed by atoms with Gasteiger partial charge in [0.25, 0.3) is 12.0 Å². The Bertz CT molecular complexity index is 682. The van der Waals surface area contributed by atoms with Crippen LogP contribution in [0.2, 0.25) is 0 Å². The van der Waals surface area contributed by atoms with Gasteiger partial charge in [0, 0.05) is 13.1 Å². The Kier molecular flexibility index (Phi) is 8.42. The summed E-state index contributed by atoms with van der Waals surface area (Å²) in [6.45, 7) is 0.201. The van der Waals surface area contributed by atoms with E-state index in [1.165, 1.54) is 0 Å². The first kappa shape index (κ1) is 25.3. The molecule has 34 heavy (non-hydrogen) atoms. The number of nitrogens with one attached hydrogen (secondary N) is 2. The topological polar surface area (TPSA) is 207 Å². The number of aliphatic hydroxyl groups excluding tert-OH is 6. The first-order valence-corrected chi connectivity index (χ1v) is 11.6. The zero-order chi connectivity index (χ0) is 24.2. The molecule has 14 heteroatoms. The van der Waals surface area contributed by atoms with Gasteiger partial charge < -0.3 is 60.2 Å². The minimum Gasteiger partial charge on any atom is -0.454 e. The van der Waals surface area contributed by atoms with Crippen LogP contribution >= 0.6 is 0 Å². The van der Waals surface area contributed by atoms with Crippen molar-refractivity contribution in [2.45, 2.75) is 87.0 Å². The summed E-state index contributed by atoms with van der Waals surface area (Å²) in [6, 6.07) is 0.491. The van der Waals surface area contributed by atoms with E-state index in [1.807, 2.05) is 0 Å². The second kappa shape index (κ2) is 11.3. The Hall–Kier alpha value is -1.78. The molecule has 8 N–H and O–H groups in total. The van der Waals surface area contributed by atoms with Crippen LogP contribution < -0.4 is 10.6 Å². The first-order chi connectivity index (χ1) is 16.4. The van der Waals surface area contributed by atoms with E-state index in [9.17, 15) is 30.6 Å². The Morgan fingerprint density at radius 3 is 1.41 bits per heavy atom. The SMILES string of the molecule is OC[C@H]1O[C@H]2NC(=NCCCCCCN=C3N[C@@H]4O[C@H](CO)[C@@H](O)[C@H](O)[C@H]4O3)O[C@@H]2[C@@H](O)[C@@H]1O. The number of nitrogens with zero attached hydrogens (tertiary/aromatic N) is 2. The fourth-order valence-corrected chi connectivity index (χ4v) is 4.35. The molecule has 4 fully saturated rings. The lowest BCUT2D eigenvalue weighted by Crippen LogP contribution is -2.59. The van der Waals surface area contributed by atoms with Crippen LogP contribution in [0.3, 0.4) is 0 Å². The van der Waals surface area contributed by atoms with Crippen LogP contribution in [-0.2, 0) is 18.9 Å². The van der Waals surface area contributed by atoms with Gasteiger partial charge in [-0.2, -0.15) is 0 Å². The van der Waals surface area contributed by atoms with Gasteiger partial charge in [0.05, 0.1) is 13.2 Å². The van der Waals surface area contributed by atoms with Crippen molar-refractivity contribution in [1.29, 1.82) is 0 Å². The van der Waals surface area contributed by atoms with E-state index in [0.717, 1.165) is 25.7 Å². The summed E-state index contributed by atoms with van der Waals surface area (Å²) in [5.74, 6) is 0. The van der Waals surface area contributed by atoms with Gasteiger partial charge in [-0.3, -0.25) is 0 Å². The van der Waals surface area contributed by atoms with Crippen molar-refractivity contribution in [2.24, 2.45) is 9.98 Å². The Morgan fingerprint density at radius 2 is 1.03 bits per heavy atom. The van der Waals surface area contributed by atoms with Gasteiger partial charge in [0.2, 0.25) is 0 Å². The van der Waals surface area contributed by atoms with Crippen LogP contribution in [0.1, 0.15) is 25.7 Å². The molecule has 0 aliphatic carbocycles. The molecule has 0 spiro atoms. The average Bonchev–Trinajstić information content (AvgIpc) is 3.44. The van der Waals surface area contributed by atoms with Crippen LogP contribution in [0.4, 0.5) is 0 Å². The Balaban J connectivity index is 1.11. The van der Waals surface area contributed by atoms with Crippen LogP contribution in [0, 0.1) is 0 Å². The van der Waals surface area contributed by atoms with E-state index in [0.29, 0.717) is 13.1 Å². The van der Waals surface area contributed by atoms with Crippen LogP contribution in [0.5, 0.6) is 0 Å². The summed E-state index contributed by atoms with van der Waals surface area (Å²) in [5, 5.41) is 64.3. The molecule has 0 radical (unpaired) electrons. The molecule has 194 valence electrons. The zero-order valence-corrected chi connectivity index (χ0v) is 18.6. The number of hydrogen-bond donors (Lipinski definition) is 8. The number of unbranched alkanes of at least 4 members (excludes halogenated alkanes) is 3. The molecule has 4 heterocycles. The van der Waals surface area contributed by atoms with E-state index in [4.69, 9.17) is 18.9 Å². The highest BCUT2D eigenvalue weighted by Gasteiger charge is 2.51. The van der Waals surface area contributed by atoms with Gasteiger partial charge in [-0.1, -0.05) is 12.8 Å². The number of hydrogen-bond acceptors (Lipinski definition) is 12. The average molecular weight is 491 g/mol. The molecular formula is C20H34N4O10. The smallest absolute Gasteiger partial charge is 0.287 e. The van der Waals surface area contributed by atoms with Crippen molar-refractivity contribution >= 4 is 12.0 Å². The minimum absolute atomic E-state index is 0.245. The van der Waals surface area contributed by atoms with Crippen LogP contribution in [-0.4, -0.2) is 130 Å². The lowest BCUT2D eigenvalue weighted by molar-refractivity contribution is -0.214. The maximum atomic E-state index is 10.1. The van der Waals surface area contributed by atoms with Gasteiger partial charge in [0.1, 0.15) is 36.6 Å². The predicted octanol–water partition coefficient (Wildman–Crippen LogP) is -3.89. The van der Waals surface area contributed by atoms with E-state index in [-0.39, 0.29) is 12.0 Å². The fraction of sp³-hybridized carbons (Fsp3) is 0.900. The lowest BCUT2D eigenvalue weighted by atomic mass is 9.99. The quantitative estimate of drug-likeness (QED) is 0.146. The molecular weight excluding hydrogens is 456 g/mol. The maximum Gasteiger partial charge on any atom is 0.287 e. The predicted molar refractivity (Wildman–Crippen MR) is 115 cm³/mol. The van der Waals surface area contributed by atoms with Gasteiger partial charge >= 0.3 is 0 Å². The molecule has 10 atom stereocenters. The second-order valence-electron chi connectivity index (χ2n) is 8.76. The summed E-state index contributed by atoms with van der Waals surface area (Å²) in [5.41, 5.74) is 0. The normalized spacial score (nSPS) is 43.6. The van der Waals surface area contributed by atoms with Crippen molar-refractivity contribution in [2.75, 3.05) is 26.3 Å². The van der Waals surface area contributed by atoms with Crippen LogP contribution in [0.15, 0.2) is 9.98 Å². The highest BCUT2D eigenvalue weighted by molar-refractivity contribution is 5.76. The van der Waals surface area contributed by atoms with Crippen LogP contribution in [0.25, 0.3) is 0 Å². The molecule has 0 aromatic carbocycles. The molecule has 4 aliphatic rings. The monoisotopic (exact) mass is 490 g/mol. The third kappa shape index (κ3) is 5.39. The Labute approximate surface area is 196 Å². The van der Waals surface area contributed by atoms with E-state index < -0.39 is 74.5 Å². The van der Waals surface area contributed by atoms with E-state index in [1.54, 1.807) is 0 Å². The molecule has 0 bridgehead atoms. The van der Waals surface area contributed by atoms with E-state index >= 15 is 0 Å². The number of ether oxygens (including phenoxy) is 4. The molecule has 14 nitrogen and oxygen atoms in total. The van der Waals surface area contributed by atoms with Crippen molar-refractivity contribution in [3.8, 4) is 0 Å². The molecule has 0 amide bonds. The lowest BCUT2D eigenvalue weighted by Gasteiger charge is -2.36. The number of fused-ring (bicyclic) bond motifs is 2. The minimum atomic E-state index is -1.23. The van der Waals surface area contributed by atoms with Gasteiger partial charge in [0.15, 0.2) is 24.7 Å². The standard InChI is InChI=1S/C20H34N4O10/c25-7-9-11(27)13(29)15-17(31-9)23-19(33-15)21-5-3-1-2-4-6-22-20-24-18-16(34-20)14(30)12(28)10(8-26)32-18/h9-18,25-30H,1-8H2,(H,21,23)(H,22,24)/t9-,10-,11-,12-,13+,14+,15-,16-,17-,18-/m1/s1. The van der Waals surface area contributed by atoms with Gasteiger partial charge in [-0.25, -0.2) is 9.98 Å².